The summed E-state index contributed by atoms with van der Waals surface area (Å²) in [4.78, 5) is 15.8. The molecule has 0 aliphatic carbocycles. The third-order valence-corrected chi connectivity index (χ3v) is 3.63. The largest absolute Gasteiger partial charge is 0.465 e. The van der Waals surface area contributed by atoms with Crippen molar-refractivity contribution in [2.24, 2.45) is 0 Å². The number of pyridine rings is 1. The first-order valence-corrected chi connectivity index (χ1v) is 6.90. The molecule has 0 atom stereocenters. The predicted octanol–water partition coefficient (Wildman–Crippen LogP) is 4.48. The molecule has 2 aromatic carbocycles. The summed E-state index contributed by atoms with van der Waals surface area (Å²) in [6, 6.07) is 11.7. The zero-order chi connectivity index (χ0) is 15.7. The van der Waals surface area contributed by atoms with Gasteiger partial charge in [0.1, 0.15) is 5.82 Å². The number of halogens is 2. The van der Waals surface area contributed by atoms with Crippen LogP contribution in [0.3, 0.4) is 0 Å². The molecule has 0 aliphatic heterocycles. The first kappa shape index (κ1) is 14.5. The van der Waals surface area contributed by atoms with Gasteiger partial charge in [-0.25, -0.2) is 9.18 Å². The van der Waals surface area contributed by atoms with Gasteiger partial charge in [-0.2, -0.15) is 0 Å². The van der Waals surface area contributed by atoms with Crippen molar-refractivity contribution in [3.8, 4) is 11.3 Å². The van der Waals surface area contributed by atoms with Gasteiger partial charge in [0.15, 0.2) is 0 Å². The van der Waals surface area contributed by atoms with E-state index in [1.165, 1.54) is 19.4 Å². The fourth-order valence-corrected chi connectivity index (χ4v) is 2.42. The Morgan fingerprint density at radius 3 is 2.55 bits per heavy atom. The SMILES string of the molecule is COC(=O)c1ccc2c(F)cnc(-c3ccc(Cl)cc3)c2c1. The van der Waals surface area contributed by atoms with Crippen LogP contribution in [0, 0.1) is 5.82 Å². The highest BCUT2D eigenvalue weighted by atomic mass is 35.5. The van der Waals surface area contributed by atoms with Crippen LogP contribution in [0.25, 0.3) is 22.0 Å². The molecule has 3 rings (SSSR count). The zero-order valence-corrected chi connectivity index (χ0v) is 12.4. The Morgan fingerprint density at radius 2 is 1.86 bits per heavy atom. The highest BCUT2D eigenvalue weighted by Gasteiger charge is 2.13. The molecule has 1 aromatic heterocycles. The van der Waals surface area contributed by atoms with Gasteiger partial charge in [0.05, 0.1) is 24.6 Å². The van der Waals surface area contributed by atoms with Crippen LogP contribution < -0.4 is 0 Å². The van der Waals surface area contributed by atoms with E-state index in [0.717, 1.165) is 5.56 Å². The Bertz CT molecular complexity index is 862. The summed E-state index contributed by atoms with van der Waals surface area (Å²) in [7, 11) is 1.30. The van der Waals surface area contributed by atoms with Crippen LogP contribution in [0.5, 0.6) is 0 Å². The molecule has 0 spiro atoms. The molecule has 0 amide bonds. The molecule has 1 heterocycles. The fraction of sp³-hybridized carbons (Fsp3) is 0.0588. The van der Waals surface area contributed by atoms with E-state index in [1.54, 1.807) is 36.4 Å². The van der Waals surface area contributed by atoms with Gasteiger partial charge >= 0.3 is 5.97 Å². The second-order valence-electron chi connectivity index (χ2n) is 4.71. The lowest BCUT2D eigenvalue weighted by Gasteiger charge is -2.08. The second-order valence-corrected chi connectivity index (χ2v) is 5.15. The summed E-state index contributed by atoms with van der Waals surface area (Å²) in [6.07, 6.45) is 1.17. The molecule has 0 N–H and O–H groups in total. The number of benzene rings is 2. The highest BCUT2D eigenvalue weighted by molar-refractivity contribution is 6.30. The first-order valence-electron chi connectivity index (χ1n) is 6.52. The van der Waals surface area contributed by atoms with Crippen LogP contribution >= 0.6 is 11.6 Å². The van der Waals surface area contributed by atoms with Gasteiger partial charge < -0.3 is 4.74 Å². The van der Waals surface area contributed by atoms with Crippen LogP contribution in [0.2, 0.25) is 5.02 Å². The maximum absolute atomic E-state index is 14.0. The van der Waals surface area contributed by atoms with Crippen LogP contribution in [0.1, 0.15) is 10.4 Å². The minimum Gasteiger partial charge on any atom is -0.465 e. The molecule has 0 saturated carbocycles. The van der Waals surface area contributed by atoms with E-state index < -0.39 is 11.8 Å². The third kappa shape index (κ3) is 2.53. The van der Waals surface area contributed by atoms with E-state index in [4.69, 9.17) is 16.3 Å². The van der Waals surface area contributed by atoms with Crippen LogP contribution in [-0.2, 0) is 4.74 Å². The fourth-order valence-electron chi connectivity index (χ4n) is 2.29. The number of hydrogen-bond acceptors (Lipinski definition) is 3. The molecule has 22 heavy (non-hydrogen) atoms. The number of rotatable bonds is 2. The number of carbonyl (C=O) groups is 1. The van der Waals surface area contributed by atoms with Crippen LogP contribution in [0.4, 0.5) is 4.39 Å². The van der Waals surface area contributed by atoms with Gasteiger partial charge in [-0.15, -0.1) is 0 Å². The molecular weight excluding hydrogens is 305 g/mol. The molecule has 0 unspecified atom stereocenters. The highest BCUT2D eigenvalue weighted by Crippen LogP contribution is 2.30. The second kappa shape index (κ2) is 5.73. The van der Waals surface area contributed by atoms with Gasteiger partial charge in [-0.1, -0.05) is 29.8 Å². The smallest absolute Gasteiger partial charge is 0.337 e. The molecule has 3 nitrogen and oxygen atoms in total. The molecular formula is C17H11ClFNO2. The van der Waals surface area contributed by atoms with E-state index >= 15 is 0 Å². The lowest BCUT2D eigenvalue weighted by atomic mass is 10.0. The number of fused-ring (bicyclic) bond motifs is 1. The Kier molecular flexibility index (Phi) is 3.77. The van der Waals surface area contributed by atoms with Crippen molar-refractivity contribution in [1.82, 2.24) is 4.98 Å². The van der Waals surface area contributed by atoms with Gasteiger partial charge in [0.25, 0.3) is 0 Å². The van der Waals surface area contributed by atoms with Crippen molar-refractivity contribution in [3.63, 3.8) is 0 Å². The van der Waals surface area contributed by atoms with Gasteiger partial charge in [-0.3, -0.25) is 4.98 Å². The number of methoxy groups -OCH3 is 1. The quantitative estimate of drug-likeness (QED) is 0.654. The number of hydrogen-bond donors (Lipinski definition) is 0. The zero-order valence-electron chi connectivity index (χ0n) is 11.6. The molecule has 0 radical (unpaired) electrons. The number of esters is 1. The maximum atomic E-state index is 14.0. The molecule has 0 bridgehead atoms. The molecule has 110 valence electrons. The standard InChI is InChI=1S/C17H11ClFNO2/c1-22-17(21)11-4-7-13-14(8-11)16(20-9-15(13)19)10-2-5-12(18)6-3-10/h2-9H,1H3. The lowest BCUT2D eigenvalue weighted by molar-refractivity contribution is 0.0601. The van der Waals surface area contributed by atoms with Crippen LogP contribution in [-0.4, -0.2) is 18.1 Å². The monoisotopic (exact) mass is 315 g/mol. The molecule has 0 aliphatic rings. The summed E-state index contributed by atoms with van der Waals surface area (Å²) in [5.74, 6) is -0.919. The van der Waals surface area contributed by atoms with Crippen molar-refractivity contribution < 1.29 is 13.9 Å². The Balaban J connectivity index is 2.27. The number of carbonyl (C=O) groups excluding carboxylic acids is 1. The summed E-state index contributed by atoms with van der Waals surface area (Å²) in [5.41, 5.74) is 1.72. The predicted molar refractivity (Wildman–Crippen MR) is 83.5 cm³/mol. The molecule has 0 saturated heterocycles. The van der Waals surface area contributed by atoms with E-state index in [9.17, 15) is 9.18 Å². The van der Waals surface area contributed by atoms with Crippen molar-refractivity contribution in [1.29, 1.82) is 0 Å². The number of aromatic nitrogens is 1. The minimum absolute atomic E-state index is 0.345. The van der Waals surface area contributed by atoms with Crippen molar-refractivity contribution in [2.75, 3.05) is 7.11 Å². The van der Waals surface area contributed by atoms with Gasteiger partial charge in [0, 0.05) is 21.4 Å². The normalized spacial score (nSPS) is 10.7. The molecule has 3 aromatic rings. The first-order chi connectivity index (χ1) is 10.6. The van der Waals surface area contributed by atoms with E-state index in [0.29, 0.717) is 27.1 Å². The van der Waals surface area contributed by atoms with Crippen molar-refractivity contribution in [3.05, 3.63) is 65.1 Å². The Hall–Kier alpha value is -2.46. The van der Waals surface area contributed by atoms with E-state index in [2.05, 4.69) is 4.98 Å². The number of nitrogens with zero attached hydrogens (tertiary/aromatic N) is 1. The van der Waals surface area contributed by atoms with Crippen LogP contribution in [0.15, 0.2) is 48.7 Å². The summed E-state index contributed by atoms with van der Waals surface area (Å²) in [6.45, 7) is 0. The average molecular weight is 316 g/mol. The van der Waals surface area contributed by atoms with E-state index in [1.807, 2.05) is 0 Å². The minimum atomic E-state index is -0.479. The van der Waals surface area contributed by atoms with E-state index in [-0.39, 0.29) is 0 Å². The van der Waals surface area contributed by atoms with Crippen molar-refractivity contribution in [2.45, 2.75) is 0 Å². The molecule has 5 heteroatoms. The van der Waals surface area contributed by atoms with Gasteiger partial charge in [-0.05, 0) is 24.3 Å². The van der Waals surface area contributed by atoms with Gasteiger partial charge in [0.2, 0.25) is 0 Å². The van der Waals surface area contributed by atoms with Crippen molar-refractivity contribution >= 4 is 28.3 Å². The average Bonchev–Trinajstić information content (AvgIpc) is 2.55. The number of ether oxygens (including phenoxy) is 1. The Labute approximate surface area is 131 Å². The summed E-state index contributed by atoms with van der Waals surface area (Å²) < 4.78 is 18.7. The summed E-state index contributed by atoms with van der Waals surface area (Å²) in [5, 5.41) is 1.54. The third-order valence-electron chi connectivity index (χ3n) is 3.38. The topological polar surface area (TPSA) is 39.2 Å². The lowest BCUT2D eigenvalue weighted by Crippen LogP contribution is -2.01. The molecule has 0 fully saturated rings. The Morgan fingerprint density at radius 1 is 1.14 bits per heavy atom. The maximum Gasteiger partial charge on any atom is 0.337 e. The summed E-state index contributed by atoms with van der Waals surface area (Å²) >= 11 is 5.89.